The molecule has 1 atom stereocenters. The number of nitrogens with one attached hydrogen (secondary N) is 1. The number of barbiturate groups is 1. The van der Waals surface area contributed by atoms with E-state index in [-0.39, 0.29) is 11.6 Å². The lowest BCUT2D eigenvalue weighted by atomic mass is 9.99. The Balaban J connectivity index is 2.20. The van der Waals surface area contributed by atoms with Crippen molar-refractivity contribution in [3.63, 3.8) is 0 Å². The Kier molecular flexibility index (Phi) is 4.57. The first-order valence-electron chi connectivity index (χ1n) is 6.54. The van der Waals surface area contributed by atoms with Crippen molar-refractivity contribution in [2.24, 2.45) is 5.92 Å². The van der Waals surface area contributed by atoms with Gasteiger partial charge in [-0.25, -0.2) is 9.18 Å². The molecule has 5 nitrogen and oxygen atoms in total. The van der Waals surface area contributed by atoms with Crippen LogP contribution in [0.4, 0.5) is 9.18 Å². The number of imide groups is 2. The zero-order chi connectivity index (χ0) is 15.6. The van der Waals surface area contributed by atoms with Gasteiger partial charge in [0.15, 0.2) is 0 Å². The van der Waals surface area contributed by atoms with Crippen molar-refractivity contribution >= 4 is 29.4 Å². The van der Waals surface area contributed by atoms with Crippen LogP contribution < -0.4 is 5.32 Å². The highest BCUT2D eigenvalue weighted by Crippen LogP contribution is 2.21. The molecule has 1 unspecified atom stereocenters. The summed E-state index contributed by atoms with van der Waals surface area (Å²) in [6.45, 7) is 1.79. The van der Waals surface area contributed by atoms with E-state index in [2.05, 4.69) is 5.32 Å². The van der Waals surface area contributed by atoms with Crippen LogP contribution in [-0.2, 0) is 16.1 Å². The summed E-state index contributed by atoms with van der Waals surface area (Å²) < 4.78 is 13.1. The number of carbonyl (C=O) groups is 3. The normalized spacial score (nSPS) is 18.9. The lowest BCUT2D eigenvalue weighted by molar-refractivity contribution is -0.143. The molecule has 1 fully saturated rings. The maximum absolute atomic E-state index is 13.1. The Bertz CT molecular complexity index is 606. The quantitative estimate of drug-likeness (QED) is 0.869. The Morgan fingerprint density at radius 1 is 1.33 bits per heavy atom. The smallest absolute Gasteiger partial charge is 0.277 e. The second kappa shape index (κ2) is 6.22. The van der Waals surface area contributed by atoms with Crippen LogP contribution in [0.5, 0.6) is 0 Å². The predicted molar refractivity (Wildman–Crippen MR) is 73.9 cm³/mol. The highest BCUT2D eigenvalue weighted by atomic mass is 35.5. The lowest BCUT2D eigenvalue weighted by Crippen LogP contribution is -2.57. The zero-order valence-electron chi connectivity index (χ0n) is 11.4. The van der Waals surface area contributed by atoms with E-state index in [1.807, 2.05) is 6.92 Å². The number of nitrogens with zero attached hydrogens (tertiary/aromatic N) is 1. The summed E-state index contributed by atoms with van der Waals surface area (Å²) in [7, 11) is 0. The highest BCUT2D eigenvalue weighted by molar-refractivity contribution is 6.30. The first kappa shape index (κ1) is 15.4. The Hall–Kier alpha value is -1.95. The van der Waals surface area contributed by atoms with Crippen molar-refractivity contribution in [3.05, 3.63) is 34.6 Å². The third-order valence-corrected chi connectivity index (χ3v) is 3.55. The maximum atomic E-state index is 13.1. The summed E-state index contributed by atoms with van der Waals surface area (Å²) >= 11 is 5.67. The number of halogens is 2. The lowest BCUT2D eigenvalue weighted by Gasteiger charge is -2.30. The second-order valence-corrected chi connectivity index (χ2v) is 5.22. The molecule has 2 rings (SSSR count). The Morgan fingerprint density at radius 3 is 2.67 bits per heavy atom. The van der Waals surface area contributed by atoms with Gasteiger partial charge in [-0.05, 0) is 24.1 Å². The number of hydrogen-bond donors (Lipinski definition) is 1. The van der Waals surface area contributed by atoms with Crippen molar-refractivity contribution in [1.29, 1.82) is 0 Å². The molecule has 1 saturated heterocycles. The van der Waals surface area contributed by atoms with Crippen molar-refractivity contribution in [3.8, 4) is 0 Å². The van der Waals surface area contributed by atoms with Crippen LogP contribution in [0, 0.1) is 11.7 Å². The standard InChI is InChI=1S/C14H14ClFN2O3/c1-2-3-9-12(19)17-14(21)18(13(9)20)7-8-4-5-11(16)10(15)6-8/h4-6,9H,2-3,7H2,1H3,(H,17,19,21). The average Bonchev–Trinajstić information content (AvgIpc) is 2.43. The number of carbonyl (C=O) groups excluding carboxylic acids is 3. The summed E-state index contributed by atoms with van der Waals surface area (Å²) in [6.07, 6.45) is 1.02. The topological polar surface area (TPSA) is 66.5 Å². The van der Waals surface area contributed by atoms with E-state index in [0.717, 1.165) is 4.90 Å². The van der Waals surface area contributed by atoms with E-state index < -0.39 is 29.6 Å². The van der Waals surface area contributed by atoms with Gasteiger partial charge in [-0.1, -0.05) is 31.0 Å². The monoisotopic (exact) mass is 312 g/mol. The third-order valence-electron chi connectivity index (χ3n) is 3.26. The van der Waals surface area contributed by atoms with Gasteiger partial charge in [0, 0.05) is 0 Å². The molecule has 1 aliphatic heterocycles. The van der Waals surface area contributed by atoms with Crippen LogP contribution in [-0.4, -0.2) is 22.7 Å². The van der Waals surface area contributed by atoms with Crippen molar-refractivity contribution < 1.29 is 18.8 Å². The Labute approximate surface area is 126 Å². The molecule has 0 spiro atoms. The molecule has 4 amide bonds. The van der Waals surface area contributed by atoms with E-state index in [9.17, 15) is 18.8 Å². The third kappa shape index (κ3) is 3.21. The molecule has 1 aliphatic rings. The summed E-state index contributed by atoms with van der Waals surface area (Å²) in [5, 5.41) is 2.08. The molecule has 21 heavy (non-hydrogen) atoms. The van der Waals surface area contributed by atoms with Gasteiger partial charge in [0.2, 0.25) is 11.8 Å². The van der Waals surface area contributed by atoms with Gasteiger partial charge in [0.25, 0.3) is 0 Å². The fourth-order valence-corrected chi connectivity index (χ4v) is 2.38. The highest BCUT2D eigenvalue weighted by Gasteiger charge is 2.39. The molecule has 0 radical (unpaired) electrons. The molecular formula is C14H14ClFN2O3. The summed E-state index contributed by atoms with van der Waals surface area (Å²) in [5.41, 5.74) is 0.509. The first-order valence-corrected chi connectivity index (χ1v) is 6.92. The number of urea groups is 1. The first-order chi connectivity index (χ1) is 9.93. The van der Waals surface area contributed by atoms with E-state index in [4.69, 9.17) is 11.6 Å². The van der Waals surface area contributed by atoms with E-state index in [0.29, 0.717) is 18.4 Å². The van der Waals surface area contributed by atoms with Crippen LogP contribution in [0.3, 0.4) is 0 Å². The van der Waals surface area contributed by atoms with Gasteiger partial charge in [0.05, 0.1) is 11.6 Å². The fourth-order valence-electron chi connectivity index (χ4n) is 2.17. The molecule has 0 aromatic heterocycles. The molecule has 1 N–H and O–H groups in total. The molecule has 1 heterocycles. The van der Waals surface area contributed by atoms with E-state index >= 15 is 0 Å². The van der Waals surface area contributed by atoms with E-state index in [1.54, 1.807) is 0 Å². The molecule has 1 aromatic carbocycles. The summed E-state index contributed by atoms with van der Waals surface area (Å²) in [5.74, 6) is -2.54. The molecule has 0 bridgehead atoms. The van der Waals surface area contributed by atoms with Gasteiger partial charge in [-0.2, -0.15) is 0 Å². The van der Waals surface area contributed by atoms with Crippen LogP contribution in [0.1, 0.15) is 25.3 Å². The van der Waals surface area contributed by atoms with Gasteiger partial charge in [-0.15, -0.1) is 0 Å². The van der Waals surface area contributed by atoms with Crippen LogP contribution >= 0.6 is 11.6 Å². The minimum atomic E-state index is -0.858. The van der Waals surface area contributed by atoms with Crippen molar-refractivity contribution in [1.82, 2.24) is 10.2 Å². The van der Waals surface area contributed by atoms with Gasteiger partial charge in [-0.3, -0.25) is 19.8 Å². The maximum Gasteiger partial charge on any atom is 0.331 e. The predicted octanol–water partition coefficient (Wildman–Crippen LogP) is 2.47. The number of amides is 4. The van der Waals surface area contributed by atoms with Gasteiger partial charge < -0.3 is 0 Å². The van der Waals surface area contributed by atoms with Crippen LogP contribution in [0.25, 0.3) is 0 Å². The van der Waals surface area contributed by atoms with Crippen LogP contribution in [0.2, 0.25) is 5.02 Å². The summed E-state index contributed by atoms with van der Waals surface area (Å²) in [6, 6.07) is 3.19. The largest absolute Gasteiger partial charge is 0.331 e. The second-order valence-electron chi connectivity index (χ2n) is 4.81. The number of hydrogen-bond acceptors (Lipinski definition) is 3. The molecular weight excluding hydrogens is 299 g/mol. The zero-order valence-corrected chi connectivity index (χ0v) is 12.1. The molecule has 0 aliphatic carbocycles. The fraction of sp³-hybridized carbons (Fsp3) is 0.357. The van der Waals surface area contributed by atoms with Crippen LogP contribution in [0.15, 0.2) is 18.2 Å². The van der Waals surface area contributed by atoms with Crippen molar-refractivity contribution in [2.45, 2.75) is 26.3 Å². The van der Waals surface area contributed by atoms with E-state index in [1.165, 1.54) is 18.2 Å². The Morgan fingerprint density at radius 2 is 2.05 bits per heavy atom. The molecule has 0 saturated carbocycles. The summed E-state index contributed by atoms with van der Waals surface area (Å²) in [4.78, 5) is 36.6. The van der Waals surface area contributed by atoms with Crippen molar-refractivity contribution in [2.75, 3.05) is 0 Å². The average molecular weight is 313 g/mol. The minimum Gasteiger partial charge on any atom is -0.277 e. The number of rotatable bonds is 4. The van der Waals surface area contributed by atoms with Gasteiger partial charge >= 0.3 is 6.03 Å². The molecule has 7 heteroatoms. The SMILES string of the molecule is CCCC1C(=O)NC(=O)N(Cc2ccc(F)c(Cl)c2)C1=O. The minimum absolute atomic E-state index is 0.0574. The molecule has 1 aromatic rings. The van der Waals surface area contributed by atoms with Gasteiger partial charge in [0.1, 0.15) is 11.7 Å². The molecule has 112 valence electrons. The number of benzene rings is 1.